The molecule has 128 valence electrons. The molecular weight excluding hydrogens is 350 g/mol. The lowest BCUT2D eigenvalue weighted by Crippen LogP contribution is -1.94. The SMILES string of the molecule is COc1ccc(-c2csc3nc(Nc4nc5ccccc5o4)nn23)cc1. The van der Waals surface area contributed by atoms with Gasteiger partial charge in [0.15, 0.2) is 5.58 Å². The van der Waals surface area contributed by atoms with Gasteiger partial charge in [-0.3, -0.25) is 5.32 Å². The van der Waals surface area contributed by atoms with Gasteiger partial charge in [0.05, 0.1) is 12.8 Å². The van der Waals surface area contributed by atoms with E-state index in [9.17, 15) is 0 Å². The highest BCUT2D eigenvalue weighted by atomic mass is 32.1. The maximum atomic E-state index is 5.66. The Balaban J connectivity index is 1.49. The van der Waals surface area contributed by atoms with Crippen molar-refractivity contribution >= 4 is 39.4 Å². The molecule has 0 aliphatic rings. The second kappa shape index (κ2) is 5.85. The van der Waals surface area contributed by atoms with Crippen LogP contribution in [-0.4, -0.2) is 26.7 Å². The first-order valence-electron chi connectivity index (χ1n) is 7.91. The number of fused-ring (bicyclic) bond motifs is 2. The highest BCUT2D eigenvalue weighted by Crippen LogP contribution is 2.28. The Morgan fingerprint density at radius 3 is 2.73 bits per heavy atom. The number of aromatic nitrogens is 4. The van der Waals surface area contributed by atoms with Crippen LogP contribution in [0.3, 0.4) is 0 Å². The average molecular weight is 363 g/mol. The summed E-state index contributed by atoms with van der Waals surface area (Å²) in [6.45, 7) is 0. The molecule has 0 radical (unpaired) electrons. The monoisotopic (exact) mass is 363 g/mol. The smallest absolute Gasteiger partial charge is 0.302 e. The zero-order valence-electron chi connectivity index (χ0n) is 13.7. The number of anilines is 2. The van der Waals surface area contributed by atoms with E-state index < -0.39 is 0 Å². The minimum absolute atomic E-state index is 0.371. The Kier molecular flexibility index (Phi) is 3.36. The second-order valence-corrected chi connectivity index (χ2v) is 6.43. The van der Waals surface area contributed by atoms with E-state index in [1.165, 1.54) is 11.3 Å². The fourth-order valence-corrected chi connectivity index (χ4v) is 3.55. The number of para-hydroxylation sites is 2. The number of thiazole rings is 1. The van der Waals surface area contributed by atoms with E-state index >= 15 is 0 Å². The van der Waals surface area contributed by atoms with Crippen molar-refractivity contribution in [3.8, 4) is 17.0 Å². The molecule has 3 aromatic heterocycles. The zero-order chi connectivity index (χ0) is 17.5. The molecule has 3 heterocycles. The van der Waals surface area contributed by atoms with Crippen molar-refractivity contribution in [3.63, 3.8) is 0 Å². The van der Waals surface area contributed by atoms with Crippen LogP contribution < -0.4 is 10.1 Å². The quantitative estimate of drug-likeness (QED) is 0.511. The van der Waals surface area contributed by atoms with E-state index in [1.807, 2.05) is 53.9 Å². The molecule has 0 unspecified atom stereocenters. The molecule has 0 saturated heterocycles. The van der Waals surface area contributed by atoms with Gasteiger partial charge in [-0.1, -0.05) is 12.1 Å². The fourth-order valence-electron chi connectivity index (χ4n) is 2.72. The number of nitrogens with one attached hydrogen (secondary N) is 1. The van der Waals surface area contributed by atoms with E-state index in [1.54, 1.807) is 11.6 Å². The van der Waals surface area contributed by atoms with E-state index in [0.29, 0.717) is 12.0 Å². The lowest BCUT2D eigenvalue weighted by atomic mass is 10.2. The number of oxazole rings is 1. The molecule has 0 atom stereocenters. The number of rotatable bonds is 4. The first-order valence-corrected chi connectivity index (χ1v) is 8.79. The zero-order valence-corrected chi connectivity index (χ0v) is 14.5. The van der Waals surface area contributed by atoms with Crippen LogP contribution in [0.2, 0.25) is 0 Å². The van der Waals surface area contributed by atoms with Gasteiger partial charge in [-0.25, -0.2) is 4.52 Å². The highest BCUT2D eigenvalue weighted by Gasteiger charge is 2.13. The predicted octanol–water partition coefficient (Wildman–Crippen LogP) is 4.35. The number of hydrogen-bond acceptors (Lipinski definition) is 7. The van der Waals surface area contributed by atoms with E-state index in [-0.39, 0.29) is 0 Å². The largest absolute Gasteiger partial charge is 0.497 e. The number of nitrogens with zero attached hydrogens (tertiary/aromatic N) is 4. The van der Waals surface area contributed by atoms with Crippen LogP contribution in [0.5, 0.6) is 5.75 Å². The summed E-state index contributed by atoms with van der Waals surface area (Å²) in [5.74, 6) is 1.26. The summed E-state index contributed by atoms with van der Waals surface area (Å²) in [4.78, 5) is 9.66. The van der Waals surface area contributed by atoms with Gasteiger partial charge in [0, 0.05) is 10.9 Å². The predicted molar refractivity (Wildman–Crippen MR) is 100 cm³/mol. The number of hydrogen-bond donors (Lipinski definition) is 1. The highest BCUT2D eigenvalue weighted by molar-refractivity contribution is 7.15. The van der Waals surface area contributed by atoms with Gasteiger partial charge in [0.25, 0.3) is 5.95 Å². The van der Waals surface area contributed by atoms with Crippen molar-refractivity contribution in [2.45, 2.75) is 0 Å². The number of ether oxygens (including phenoxy) is 1. The third-order valence-corrected chi connectivity index (χ3v) is 4.80. The number of benzene rings is 2. The molecule has 5 aromatic rings. The molecule has 7 nitrogen and oxygen atoms in total. The van der Waals surface area contributed by atoms with E-state index in [0.717, 1.165) is 33.1 Å². The first-order chi connectivity index (χ1) is 12.8. The van der Waals surface area contributed by atoms with Crippen LogP contribution in [0, 0.1) is 0 Å². The molecule has 0 spiro atoms. The third-order valence-electron chi connectivity index (χ3n) is 3.98. The Labute approximate surface area is 151 Å². The molecule has 0 saturated carbocycles. The van der Waals surface area contributed by atoms with Crippen LogP contribution >= 0.6 is 11.3 Å². The molecule has 0 bridgehead atoms. The van der Waals surface area contributed by atoms with Crippen LogP contribution in [0.15, 0.2) is 58.3 Å². The summed E-state index contributed by atoms with van der Waals surface area (Å²) in [7, 11) is 1.65. The normalized spacial score (nSPS) is 11.3. The molecule has 26 heavy (non-hydrogen) atoms. The van der Waals surface area contributed by atoms with Gasteiger partial charge in [-0.2, -0.15) is 9.97 Å². The Morgan fingerprint density at radius 1 is 1.08 bits per heavy atom. The molecular formula is C18H13N5O2S. The molecule has 8 heteroatoms. The molecule has 0 aliphatic heterocycles. The van der Waals surface area contributed by atoms with Crippen molar-refractivity contribution in [3.05, 3.63) is 53.9 Å². The standard InChI is InChI=1S/C18H13N5O2S/c1-24-12-8-6-11(7-9-12)14-10-26-18-21-16(22-23(14)18)20-17-19-13-4-2-3-5-15(13)25-17/h2-10H,1H3,(H,19,20,22). The van der Waals surface area contributed by atoms with Crippen LogP contribution in [0.25, 0.3) is 27.3 Å². The van der Waals surface area contributed by atoms with Gasteiger partial charge >= 0.3 is 6.01 Å². The van der Waals surface area contributed by atoms with E-state index in [4.69, 9.17) is 9.15 Å². The number of methoxy groups -OCH3 is 1. The third kappa shape index (κ3) is 2.47. The molecule has 0 amide bonds. The Morgan fingerprint density at radius 2 is 1.92 bits per heavy atom. The maximum absolute atomic E-state index is 5.66. The summed E-state index contributed by atoms with van der Waals surface area (Å²) in [6.07, 6.45) is 0. The van der Waals surface area contributed by atoms with Crippen LogP contribution in [0.1, 0.15) is 0 Å². The molecule has 1 N–H and O–H groups in total. The molecule has 2 aromatic carbocycles. The van der Waals surface area contributed by atoms with Crippen LogP contribution in [0.4, 0.5) is 12.0 Å². The van der Waals surface area contributed by atoms with Gasteiger partial charge in [-0.15, -0.1) is 16.4 Å². The maximum Gasteiger partial charge on any atom is 0.302 e. The Hall–Kier alpha value is -3.39. The summed E-state index contributed by atoms with van der Waals surface area (Å²) < 4.78 is 12.7. The van der Waals surface area contributed by atoms with Crippen molar-refractivity contribution in [1.82, 2.24) is 19.6 Å². The van der Waals surface area contributed by atoms with Gasteiger partial charge < -0.3 is 9.15 Å². The average Bonchev–Trinajstić information content (AvgIpc) is 3.35. The van der Waals surface area contributed by atoms with Crippen molar-refractivity contribution < 1.29 is 9.15 Å². The lowest BCUT2D eigenvalue weighted by Gasteiger charge is -2.01. The minimum Gasteiger partial charge on any atom is -0.497 e. The fraction of sp³-hybridized carbons (Fsp3) is 0.0556. The van der Waals surface area contributed by atoms with Gasteiger partial charge in [-0.05, 0) is 36.4 Å². The topological polar surface area (TPSA) is 77.5 Å². The summed E-state index contributed by atoms with van der Waals surface area (Å²) >= 11 is 1.52. The summed E-state index contributed by atoms with van der Waals surface area (Å²) in [5.41, 5.74) is 3.51. The summed E-state index contributed by atoms with van der Waals surface area (Å²) in [5, 5.41) is 9.59. The van der Waals surface area contributed by atoms with Crippen molar-refractivity contribution in [2.75, 3.05) is 12.4 Å². The van der Waals surface area contributed by atoms with Gasteiger partial charge in [0.1, 0.15) is 11.3 Å². The lowest BCUT2D eigenvalue weighted by molar-refractivity contribution is 0.415. The first kappa shape index (κ1) is 14.9. The second-order valence-electron chi connectivity index (χ2n) is 5.59. The Bertz CT molecular complexity index is 1170. The van der Waals surface area contributed by atoms with Crippen molar-refractivity contribution in [2.24, 2.45) is 0 Å². The molecule has 0 fully saturated rings. The van der Waals surface area contributed by atoms with Crippen LogP contribution in [-0.2, 0) is 0 Å². The molecule has 5 rings (SSSR count). The van der Waals surface area contributed by atoms with Crippen molar-refractivity contribution in [1.29, 1.82) is 0 Å². The summed E-state index contributed by atoms with van der Waals surface area (Å²) in [6, 6.07) is 15.8. The molecule has 0 aliphatic carbocycles. The van der Waals surface area contributed by atoms with Gasteiger partial charge in [0.2, 0.25) is 4.96 Å². The van der Waals surface area contributed by atoms with E-state index in [2.05, 4.69) is 20.4 Å². The minimum atomic E-state index is 0.371.